The van der Waals surface area contributed by atoms with Gasteiger partial charge in [-0.1, -0.05) is 0 Å². The maximum absolute atomic E-state index is 13.0. The van der Waals surface area contributed by atoms with Crippen LogP contribution in [0.15, 0.2) is 36.4 Å². The van der Waals surface area contributed by atoms with E-state index in [4.69, 9.17) is 0 Å². The van der Waals surface area contributed by atoms with E-state index in [2.05, 4.69) is 9.97 Å². The van der Waals surface area contributed by atoms with Crippen LogP contribution >= 0.6 is 0 Å². The quantitative estimate of drug-likeness (QED) is 0.638. The molecule has 0 aliphatic carbocycles. The summed E-state index contributed by atoms with van der Waals surface area (Å²) in [6.07, 6.45) is -4.53. The van der Waals surface area contributed by atoms with Crippen LogP contribution in [0.4, 0.5) is 17.6 Å². The fourth-order valence-electron chi connectivity index (χ4n) is 2.13. The van der Waals surface area contributed by atoms with E-state index in [0.717, 1.165) is 6.07 Å². The fourth-order valence-corrected chi connectivity index (χ4v) is 2.13. The van der Waals surface area contributed by atoms with Gasteiger partial charge < -0.3 is 0 Å². The average molecular weight is 295 g/mol. The Morgan fingerprint density at radius 2 is 1.62 bits per heavy atom. The first-order chi connectivity index (χ1) is 9.86. The molecule has 0 saturated heterocycles. The van der Waals surface area contributed by atoms with E-state index in [1.54, 1.807) is 6.92 Å². The minimum Gasteiger partial charge on any atom is -0.281 e. The molecule has 0 saturated carbocycles. The topological polar surface area (TPSA) is 30.7 Å². The highest BCUT2D eigenvalue weighted by atomic mass is 19.4. The molecule has 2 aromatic heterocycles. The third kappa shape index (κ3) is 2.35. The van der Waals surface area contributed by atoms with Gasteiger partial charge in [-0.3, -0.25) is 4.57 Å². The second-order valence-corrected chi connectivity index (χ2v) is 4.51. The first-order valence-electron chi connectivity index (χ1n) is 6.05. The summed E-state index contributed by atoms with van der Waals surface area (Å²) in [5.41, 5.74) is -0.0414. The van der Waals surface area contributed by atoms with E-state index in [0.29, 0.717) is 17.0 Å². The Bertz CT molecular complexity index is 803. The number of benzene rings is 1. The molecule has 21 heavy (non-hydrogen) atoms. The molecule has 0 aliphatic heterocycles. The SMILES string of the molecule is Cc1nc2ccc(C(F)(F)F)nc2n1-c1ccc(F)cc1. The Morgan fingerprint density at radius 3 is 2.24 bits per heavy atom. The summed E-state index contributed by atoms with van der Waals surface area (Å²) in [5.74, 6) is 0.0493. The normalized spacial score (nSPS) is 12.0. The van der Waals surface area contributed by atoms with Gasteiger partial charge in [0.05, 0.1) is 0 Å². The average Bonchev–Trinajstić information content (AvgIpc) is 2.74. The molecule has 2 heterocycles. The molecule has 3 nitrogen and oxygen atoms in total. The smallest absolute Gasteiger partial charge is 0.281 e. The van der Waals surface area contributed by atoms with Crippen LogP contribution in [0.5, 0.6) is 0 Å². The number of rotatable bonds is 1. The number of nitrogens with zero attached hydrogens (tertiary/aromatic N) is 3. The van der Waals surface area contributed by atoms with Crippen molar-refractivity contribution < 1.29 is 17.6 Å². The molecule has 0 N–H and O–H groups in total. The zero-order valence-corrected chi connectivity index (χ0v) is 10.8. The molecule has 3 aromatic rings. The highest BCUT2D eigenvalue weighted by Gasteiger charge is 2.33. The summed E-state index contributed by atoms with van der Waals surface area (Å²) in [7, 11) is 0. The summed E-state index contributed by atoms with van der Waals surface area (Å²) in [4.78, 5) is 7.82. The van der Waals surface area contributed by atoms with E-state index in [-0.39, 0.29) is 5.65 Å². The van der Waals surface area contributed by atoms with E-state index < -0.39 is 17.7 Å². The van der Waals surface area contributed by atoms with Crippen LogP contribution in [0.25, 0.3) is 16.9 Å². The van der Waals surface area contributed by atoms with E-state index >= 15 is 0 Å². The molecular weight excluding hydrogens is 286 g/mol. The van der Waals surface area contributed by atoms with Gasteiger partial charge in [0.25, 0.3) is 0 Å². The predicted octanol–water partition coefficient (Wildman–Crippen LogP) is 3.89. The van der Waals surface area contributed by atoms with Crippen molar-refractivity contribution in [3.8, 4) is 5.69 Å². The number of pyridine rings is 1. The lowest BCUT2D eigenvalue weighted by molar-refractivity contribution is -0.141. The maximum atomic E-state index is 13.0. The molecule has 108 valence electrons. The number of halogens is 4. The van der Waals surface area contributed by atoms with Crippen LogP contribution in [0.2, 0.25) is 0 Å². The number of aryl methyl sites for hydroxylation is 1. The Hall–Kier alpha value is -2.44. The van der Waals surface area contributed by atoms with Crippen LogP contribution in [0, 0.1) is 12.7 Å². The summed E-state index contributed by atoms with van der Waals surface area (Å²) in [5, 5.41) is 0. The number of fused-ring (bicyclic) bond motifs is 1. The van der Waals surface area contributed by atoms with Crippen LogP contribution in [0.1, 0.15) is 11.5 Å². The summed E-state index contributed by atoms with van der Waals surface area (Å²) in [6, 6.07) is 7.56. The standard InChI is InChI=1S/C14H9F4N3/c1-8-19-11-6-7-12(14(16,17)18)20-13(11)21(8)10-4-2-9(15)3-5-10/h2-7H,1H3. The monoisotopic (exact) mass is 295 g/mol. The number of hydrogen-bond acceptors (Lipinski definition) is 2. The van der Waals surface area contributed by atoms with Crippen molar-refractivity contribution in [2.24, 2.45) is 0 Å². The van der Waals surface area contributed by atoms with Crippen molar-refractivity contribution in [2.75, 3.05) is 0 Å². The maximum Gasteiger partial charge on any atom is 0.433 e. The third-order valence-electron chi connectivity index (χ3n) is 3.05. The highest BCUT2D eigenvalue weighted by Crippen LogP contribution is 2.29. The van der Waals surface area contributed by atoms with Gasteiger partial charge in [0, 0.05) is 5.69 Å². The highest BCUT2D eigenvalue weighted by molar-refractivity contribution is 5.74. The number of alkyl halides is 3. The third-order valence-corrected chi connectivity index (χ3v) is 3.05. The van der Waals surface area contributed by atoms with Gasteiger partial charge in [0.1, 0.15) is 22.9 Å². The fraction of sp³-hybridized carbons (Fsp3) is 0.143. The first-order valence-corrected chi connectivity index (χ1v) is 6.05. The number of aromatic nitrogens is 3. The second-order valence-electron chi connectivity index (χ2n) is 4.51. The van der Waals surface area contributed by atoms with Crippen LogP contribution in [-0.4, -0.2) is 14.5 Å². The predicted molar refractivity (Wildman–Crippen MR) is 68.6 cm³/mol. The molecule has 0 amide bonds. The minimum absolute atomic E-state index is 0.0916. The Kier molecular flexibility index (Phi) is 2.93. The minimum atomic E-state index is -4.53. The number of imidazole rings is 1. The van der Waals surface area contributed by atoms with Gasteiger partial charge in [-0.2, -0.15) is 13.2 Å². The zero-order valence-electron chi connectivity index (χ0n) is 10.8. The van der Waals surface area contributed by atoms with Crippen LogP contribution in [0.3, 0.4) is 0 Å². The Balaban J connectivity index is 2.26. The van der Waals surface area contributed by atoms with Crippen molar-refractivity contribution in [3.63, 3.8) is 0 Å². The molecule has 0 bridgehead atoms. The van der Waals surface area contributed by atoms with Crippen molar-refractivity contribution in [2.45, 2.75) is 13.1 Å². The van der Waals surface area contributed by atoms with Crippen LogP contribution in [-0.2, 0) is 6.18 Å². The molecule has 0 radical (unpaired) electrons. The molecule has 7 heteroatoms. The molecule has 3 rings (SSSR count). The Morgan fingerprint density at radius 1 is 0.952 bits per heavy atom. The summed E-state index contributed by atoms with van der Waals surface area (Å²) >= 11 is 0. The van der Waals surface area contributed by atoms with Gasteiger partial charge in [-0.05, 0) is 43.3 Å². The lowest BCUT2D eigenvalue weighted by atomic mass is 10.3. The lowest BCUT2D eigenvalue weighted by Gasteiger charge is -2.08. The molecular formula is C14H9F4N3. The molecule has 0 spiro atoms. The van der Waals surface area contributed by atoms with Crippen molar-refractivity contribution in [3.05, 3.63) is 53.7 Å². The second kappa shape index (κ2) is 4.54. The van der Waals surface area contributed by atoms with Gasteiger partial charge >= 0.3 is 6.18 Å². The summed E-state index contributed by atoms with van der Waals surface area (Å²) < 4.78 is 52.7. The molecule has 0 aliphatic rings. The van der Waals surface area contributed by atoms with Crippen molar-refractivity contribution in [1.82, 2.24) is 14.5 Å². The molecule has 0 fully saturated rings. The largest absolute Gasteiger partial charge is 0.433 e. The molecule has 0 atom stereocenters. The van der Waals surface area contributed by atoms with Gasteiger partial charge in [0.2, 0.25) is 0 Å². The zero-order chi connectivity index (χ0) is 15.2. The van der Waals surface area contributed by atoms with E-state index in [9.17, 15) is 17.6 Å². The lowest BCUT2D eigenvalue weighted by Crippen LogP contribution is -2.08. The molecule has 1 aromatic carbocycles. The van der Waals surface area contributed by atoms with Crippen molar-refractivity contribution in [1.29, 1.82) is 0 Å². The van der Waals surface area contributed by atoms with Gasteiger partial charge in [0.15, 0.2) is 5.65 Å². The Labute approximate surface area is 116 Å². The first kappa shape index (κ1) is 13.5. The number of hydrogen-bond donors (Lipinski definition) is 0. The van der Waals surface area contributed by atoms with E-state index in [1.807, 2.05) is 0 Å². The van der Waals surface area contributed by atoms with Crippen molar-refractivity contribution >= 4 is 11.2 Å². The van der Waals surface area contributed by atoms with E-state index in [1.165, 1.54) is 34.9 Å². The van der Waals surface area contributed by atoms with Gasteiger partial charge in [-0.25, -0.2) is 14.4 Å². The van der Waals surface area contributed by atoms with Crippen LogP contribution < -0.4 is 0 Å². The molecule has 0 unspecified atom stereocenters. The van der Waals surface area contributed by atoms with Gasteiger partial charge in [-0.15, -0.1) is 0 Å². The summed E-state index contributed by atoms with van der Waals surface area (Å²) in [6.45, 7) is 1.65.